The number of aliphatic hydroxyl groups is 1. The first-order valence-electron chi connectivity index (χ1n) is 6.46. The molecular weight excluding hydrogens is 210 g/mol. The fourth-order valence-corrected chi connectivity index (χ4v) is 2.31. The first-order chi connectivity index (χ1) is 8.36. The van der Waals surface area contributed by atoms with Gasteiger partial charge in [-0.15, -0.1) is 0 Å². The van der Waals surface area contributed by atoms with E-state index >= 15 is 0 Å². The molecule has 0 amide bonds. The Kier molecular flexibility index (Phi) is 4.77. The van der Waals surface area contributed by atoms with Crippen molar-refractivity contribution >= 4 is 6.08 Å². The lowest BCUT2D eigenvalue weighted by molar-refractivity contribution is 0.0947. The summed E-state index contributed by atoms with van der Waals surface area (Å²) in [6.07, 6.45) is 7.04. The maximum Gasteiger partial charge on any atom is 0.0615 e. The molecule has 17 heavy (non-hydrogen) atoms. The average molecular weight is 231 g/mol. The molecule has 2 N–H and O–H groups in total. The number of hydrogen-bond acceptors (Lipinski definition) is 2. The number of nitrogens with one attached hydrogen (secondary N) is 1. The van der Waals surface area contributed by atoms with Crippen LogP contribution in [0.1, 0.15) is 24.8 Å². The van der Waals surface area contributed by atoms with Crippen molar-refractivity contribution in [2.24, 2.45) is 5.92 Å². The van der Waals surface area contributed by atoms with E-state index in [1.165, 1.54) is 12.0 Å². The summed E-state index contributed by atoms with van der Waals surface area (Å²) in [5.41, 5.74) is 1.20. The average Bonchev–Trinajstić information content (AvgIpc) is 2.41. The summed E-state index contributed by atoms with van der Waals surface area (Å²) < 4.78 is 0. The van der Waals surface area contributed by atoms with Crippen molar-refractivity contribution in [3.8, 4) is 0 Å². The van der Waals surface area contributed by atoms with Gasteiger partial charge in [-0.2, -0.15) is 0 Å². The molecule has 2 rings (SSSR count). The van der Waals surface area contributed by atoms with Crippen molar-refractivity contribution in [3.05, 3.63) is 42.0 Å². The monoisotopic (exact) mass is 231 g/mol. The van der Waals surface area contributed by atoms with E-state index in [0.29, 0.717) is 5.92 Å². The Bertz CT molecular complexity index is 341. The van der Waals surface area contributed by atoms with Crippen molar-refractivity contribution < 1.29 is 5.11 Å². The Hall–Kier alpha value is -1.12. The van der Waals surface area contributed by atoms with Gasteiger partial charge in [-0.3, -0.25) is 0 Å². The van der Waals surface area contributed by atoms with Crippen molar-refractivity contribution in [2.75, 3.05) is 13.1 Å². The molecule has 0 bridgehead atoms. The topological polar surface area (TPSA) is 32.3 Å². The molecule has 1 aliphatic rings. The molecule has 1 heterocycles. The summed E-state index contributed by atoms with van der Waals surface area (Å²) in [6.45, 7) is 2.06. The van der Waals surface area contributed by atoms with Crippen LogP contribution in [0.25, 0.3) is 6.08 Å². The van der Waals surface area contributed by atoms with Gasteiger partial charge in [-0.25, -0.2) is 0 Å². The Balaban J connectivity index is 1.79. The lowest BCUT2D eigenvalue weighted by atomic mass is 9.92. The van der Waals surface area contributed by atoms with Crippen molar-refractivity contribution in [1.82, 2.24) is 5.32 Å². The third-order valence-electron chi connectivity index (χ3n) is 3.37. The standard InChI is InChI=1S/C15H21NO/c17-15(14-9-5-11-16-12-14)10-4-8-13-6-2-1-3-7-13/h1-4,6-8,14-17H,5,9-12H2. The predicted octanol–water partition coefficient (Wildman–Crippen LogP) is 2.45. The summed E-state index contributed by atoms with van der Waals surface area (Å²) in [6, 6.07) is 10.2. The van der Waals surface area contributed by atoms with E-state index in [4.69, 9.17) is 0 Å². The highest BCUT2D eigenvalue weighted by Crippen LogP contribution is 2.17. The first-order valence-corrected chi connectivity index (χ1v) is 6.46. The van der Waals surface area contributed by atoms with Crippen molar-refractivity contribution in [1.29, 1.82) is 0 Å². The molecule has 2 atom stereocenters. The Labute approximate surface area is 103 Å². The first kappa shape index (κ1) is 12.3. The molecule has 0 saturated carbocycles. The zero-order chi connectivity index (χ0) is 11.9. The van der Waals surface area contributed by atoms with Gasteiger partial charge in [0.05, 0.1) is 6.10 Å². The van der Waals surface area contributed by atoms with E-state index in [-0.39, 0.29) is 6.10 Å². The minimum atomic E-state index is -0.206. The summed E-state index contributed by atoms with van der Waals surface area (Å²) in [5, 5.41) is 13.4. The second kappa shape index (κ2) is 6.58. The fourth-order valence-electron chi connectivity index (χ4n) is 2.31. The van der Waals surface area contributed by atoms with E-state index in [1.54, 1.807) is 0 Å². The maximum absolute atomic E-state index is 10.1. The van der Waals surface area contributed by atoms with Gasteiger partial charge in [0.15, 0.2) is 0 Å². The highest BCUT2D eigenvalue weighted by molar-refractivity contribution is 5.48. The Morgan fingerprint density at radius 2 is 2.18 bits per heavy atom. The lowest BCUT2D eigenvalue weighted by Crippen LogP contribution is -2.36. The van der Waals surface area contributed by atoms with Crippen LogP contribution in [0.3, 0.4) is 0 Å². The van der Waals surface area contributed by atoms with Crippen molar-refractivity contribution in [2.45, 2.75) is 25.4 Å². The smallest absolute Gasteiger partial charge is 0.0615 e. The second-order valence-corrected chi connectivity index (χ2v) is 4.72. The highest BCUT2D eigenvalue weighted by Gasteiger charge is 2.19. The van der Waals surface area contributed by atoms with Gasteiger partial charge in [0.25, 0.3) is 0 Å². The van der Waals surface area contributed by atoms with Gasteiger partial charge in [0.2, 0.25) is 0 Å². The molecule has 92 valence electrons. The molecule has 2 unspecified atom stereocenters. The lowest BCUT2D eigenvalue weighted by Gasteiger charge is -2.26. The normalized spacial score (nSPS) is 22.8. The van der Waals surface area contributed by atoms with E-state index in [2.05, 4.69) is 29.6 Å². The van der Waals surface area contributed by atoms with Crippen LogP contribution in [0.15, 0.2) is 36.4 Å². The summed E-state index contributed by atoms with van der Waals surface area (Å²) in [5.74, 6) is 0.421. The van der Waals surface area contributed by atoms with E-state index in [9.17, 15) is 5.11 Å². The molecule has 2 heteroatoms. The van der Waals surface area contributed by atoms with E-state index in [1.807, 2.05) is 18.2 Å². The van der Waals surface area contributed by atoms with Crippen LogP contribution in [-0.4, -0.2) is 24.3 Å². The summed E-state index contributed by atoms with van der Waals surface area (Å²) >= 11 is 0. The number of aliphatic hydroxyl groups excluding tert-OH is 1. The molecule has 0 aliphatic carbocycles. The molecule has 0 aromatic heterocycles. The molecule has 1 aromatic rings. The quantitative estimate of drug-likeness (QED) is 0.834. The van der Waals surface area contributed by atoms with E-state index in [0.717, 1.165) is 25.9 Å². The Morgan fingerprint density at radius 3 is 2.88 bits per heavy atom. The predicted molar refractivity (Wildman–Crippen MR) is 71.7 cm³/mol. The van der Waals surface area contributed by atoms with Crippen LogP contribution >= 0.6 is 0 Å². The third kappa shape index (κ3) is 3.99. The van der Waals surface area contributed by atoms with Gasteiger partial charge in [-0.1, -0.05) is 42.5 Å². The minimum Gasteiger partial charge on any atom is -0.392 e. The van der Waals surface area contributed by atoms with Gasteiger partial charge in [0, 0.05) is 6.54 Å². The zero-order valence-electron chi connectivity index (χ0n) is 10.2. The molecular formula is C15H21NO. The van der Waals surface area contributed by atoms with Crippen LogP contribution in [0.2, 0.25) is 0 Å². The van der Waals surface area contributed by atoms with Gasteiger partial charge < -0.3 is 10.4 Å². The number of hydrogen-bond donors (Lipinski definition) is 2. The summed E-state index contributed by atoms with van der Waals surface area (Å²) in [7, 11) is 0. The molecule has 1 aromatic carbocycles. The molecule has 0 radical (unpaired) electrons. The Morgan fingerprint density at radius 1 is 1.35 bits per heavy atom. The second-order valence-electron chi connectivity index (χ2n) is 4.72. The molecule has 1 aliphatic heterocycles. The van der Waals surface area contributed by atoms with Crippen LogP contribution in [0, 0.1) is 5.92 Å². The van der Waals surface area contributed by atoms with Gasteiger partial charge >= 0.3 is 0 Å². The minimum absolute atomic E-state index is 0.206. The van der Waals surface area contributed by atoms with Crippen molar-refractivity contribution in [3.63, 3.8) is 0 Å². The van der Waals surface area contributed by atoms with Crippen LogP contribution in [0.5, 0.6) is 0 Å². The molecule has 0 spiro atoms. The third-order valence-corrected chi connectivity index (χ3v) is 3.37. The zero-order valence-corrected chi connectivity index (χ0v) is 10.2. The molecule has 2 nitrogen and oxygen atoms in total. The number of benzene rings is 1. The maximum atomic E-state index is 10.1. The van der Waals surface area contributed by atoms with Gasteiger partial charge in [-0.05, 0) is 37.3 Å². The SMILES string of the molecule is OC(CC=Cc1ccccc1)C1CCCNC1. The van der Waals surface area contributed by atoms with Gasteiger partial charge in [0.1, 0.15) is 0 Å². The summed E-state index contributed by atoms with van der Waals surface area (Å²) in [4.78, 5) is 0. The number of rotatable bonds is 4. The number of piperidine rings is 1. The molecule has 1 saturated heterocycles. The largest absolute Gasteiger partial charge is 0.392 e. The van der Waals surface area contributed by atoms with Crippen LogP contribution < -0.4 is 5.32 Å². The van der Waals surface area contributed by atoms with Crippen LogP contribution in [0.4, 0.5) is 0 Å². The van der Waals surface area contributed by atoms with E-state index < -0.39 is 0 Å². The highest BCUT2D eigenvalue weighted by atomic mass is 16.3. The molecule has 1 fully saturated rings. The van der Waals surface area contributed by atoms with Crippen LogP contribution in [-0.2, 0) is 0 Å². The fraction of sp³-hybridized carbons (Fsp3) is 0.467.